The van der Waals surface area contributed by atoms with Gasteiger partial charge in [0.25, 0.3) is 0 Å². The highest BCUT2D eigenvalue weighted by molar-refractivity contribution is 6.30. The summed E-state index contributed by atoms with van der Waals surface area (Å²) in [6, 6.07) is 7.35. The predicted octanol–water partition coefficient (Wildman–Crippen LogP) is 2.46. The number of rotatable bonds is 3. The highest BCUT2D eigenvalue weighted by Crippen LogP contribution is 2.38. The van der Waals surface area contributed by atoms with Crippen LogP contribution in [0.3, 0.4) is 0 Å². The van der Waals surface area contributed by atoms with Crippen LogP contribution in [0, 0.1) is 5.92 Å². The maximum absolute atomic E-state index is 13.3. The maximum Gasteiger partial charge on any atom is 0.228 e. The lowest BCUT2D eigenvalue weighted by Crippen LogP contribution is -2.49. The summed E-state index contributed by atoms with van der Waals surface area (Å²) in [5, 5.41) is 3.97. The molecule has 2 heterocycles. The van der Waals surface area contributed by atoms with E-state index >= 15 is 0 Å². The molecule has 2 saturated heterocycles. The summed E-state index contributed by atoms with van der Waals surface area (Å²) in [5.74, 6) is 0.0860. The molecule has 2 aliphatic rings. The number of nitrogens with zero attached hydrogens (tertiary/aromatic N) is 2. The number of hydrogen-bond acceptors (Lipinski definition) is 3. The molecule has 2 amide bonds. The Labute approximate surface area is 154 Å². The van der Waals surface area contributed by atoms with E-state index in [2.05, 4.69) is 5.32 Å². The van der Waals surface area contributed by atoms with Gasteiger partial charge in [-0.1, -0.05) is 23.7 Å². The van der Waals surface area contributed by atoms with Gasteiger partial charge in [-0.05, 0) is 44.0 Å². The Hall–Kier alpha value is -1.59. The summed E-state index contributed by atoms with van der Waals surface area (Å²) in [4.78, 5) is 29.5. The molecule has 3 rings (SSSR count). The number of benzene rings is 1. The molecule has 25 heavy (non-hydrogen) atoms. The number of amides is 2. The summed E-state index contributed by atoms with van der Waals surface area (Å²) < 4.78 is 0. The van der Waals surface area contributed by atoms with E-state index in [0.717, 1.165) is 38.2 Å². The molecule has 2 aliphatic heterocycles. The third-order valence-electron chi connectivity index (χ3n) is 5.21. The van der Waals surface area contributed by atoms with Crippen molar-refractivity contribution in [2.24, 2.45) is 5.92 Å². The van der Waals surface area contributed by atoms with Crippen molar-refractivity contribution >= 4 is 23.4 Å². The zero-order chi connectivity index (χ0) is 17.8. The summed E-state index contributed by atoms with van der Waals surface area (Å²) >= 11 is 6.18. The summed E-state index contributed by atoms with van der Waals surface area (Å²) in [7, 11) is 0. The minimum atomic E-state index is -0.228. The smallest absolute Gasteiger partial charge is 0.228 e. The molecule has 0 bridgehead atoms. The first kappa shape index (κ1) is 18.2. The SMILES string of the molecule is CCN1C(=O)CC[C@@H](C(=O)N2CCCNCC2)[C@@H]1c1cccc(Cl)c1. The summed E-state index contributed by atoms with van der Waals surface area (Å²) in [6.07, 6.45) is 2.01. The Morgan fingerprint density at radius 3 is 2.92 bits per heavy atom. The molecule has 1 aromatic carbocycles. The Kier molecular flexibility index (Phi) is 5.97. The Bertz CT molecular complexity index is 629. The second-order valence-corrected chi connectivity index (χ2v) is 7.19. The normalized spacial score (nSPS) is 25.0. The van der Waals surface area contributed by atoms with E-state index in [9.17, 15) is 9.59 Å². The van der Waals surface area contributed by atoms with E-state index in [4.69, 9.17) is 11.6 Å². The van der Waals surface area contributed by atoms with Gasteiger partial charge in [0.05, 0.1) is 12.0 Å². The Morgan fingerprint density at radius 1 is 1.32 bits per heavy atom. The third kappa shape index (κ3) is 3.98. The largest absolute Gasteiger partial charge is 0.341 e. The second-order valence-electron chi connectivity index (χ2n) is 6.75. The van der Waals surface area contributed by atoms with E-state index in [1.165, 1.54) is 0 Å². The van der Waals surface area contributed by atoms with Crippen molar-refractivity contribution in [2.45, 2.75) is 32.2 Å². The number of likely N-dealkylation sites (tertiary alicyclic amines) is 1. The predicted molar refractivity (Wildman–Crippen MR) is 98.4 cm³/mol. The number of halogens is 1. The van der Waals surface area contributed by atoms with Crippen LogP contribution in [0.25, 0.3) is 0 Å². The topological polar surface area (TPSA) is 52.7 Å². The van der Waals surface area contributed by atoms with Crippen LogP contribution in [-0.2, 0) is 9.59 Å². The first-order chi connectivity index (χ1) is 12.1. The van der Waals surface area contributed by atoms with Crippen LogP contribution >= 0.6 is 11.6 Å². The van der Waals surface area contributed by atoms with Gasteiger partial charge in [0, 0.05) is 37.6 Å². The van der Waals surface area contributed by atoms with Crippen molar-refractivity contribution in [3.8, 4) is 0 Å². The van der Waals surface area contributed by atoms with E-state index < -0.39 is 0 Å². The van der Waals surface area contributed by atoms with Gasteiger partial charge in [-0.15, -0.1) is 0 Å². The van der Waals surface area contributed by atoms with Crippen LogP contribution in [0.5, 0.6) is 0 Å². The van der Waals surface area contributed by atoms with E-state index in [0.29, 0.717) is 24.4 Å². The molecule has 5 nitrogen and oxygen atoms in total. The van der Waals surface area contributed by atoms with Gasteiger partial charge >= 0.3 is 0 Å². The zero-order valence-corrected chi connectivity index (χ0v) is 15.5. The fourth-order valence-corrected chi connectivity index (χ4v) is 4.19. The number of carbonyl (C=O) groups is 2. The molecule has 136 valence electrons. The molecule has 6 heteroatoms. The first-order valence-electron chi connectivity index (χ1n) is 9.16. The van der Waals surface area contributed by atoms with Crippen molar-refractivity contribution in [2.75, 3.05) is 32.7 Å². The van der Waals surface area contributed by atoms with Crippen LogP contribution in [0.4, 0.5) is 0 Å². The highest BCUT2D eigenvalue weighted by atomic mass is 35.5. The molecule has 1 N–H and O–H groups in total. The van der Waals surface area contributed by atoms with Crippen molar-refractivity contribution in [1.82, 2.24) is 15.1 Å². The zero-order valence-electron chi connectivity index (χ0n) is 14.7. The minimum Gasteiger partial charge on any atom is -0.341 e. The van der Waals surface area contributed by atoms with Crippen LogP contribution in [-0.4, -0.2) is 54.3 Å². The quantitative estimate of drug-likeness (QED) is 0.897. The van der Waals surface area contributed by atoms with Crippen molar-refractivity contribution < 1.29 is 9.59 Å². The van der Waals surface area contributed by atoms with Gasteiger partial charge in [-0.2, -0.15) is 0 Å². The van der Waals surface area contributed by atoms with Gasteiger partial charge in [0.2, 0.25) is 11.8 Å². The number of hydrogen-bond donors (Lipinski definition) is 1. The molecule has 0 aromatic heterocycles. The molecule has 0 saturated carbocycles. The van der Waals surface area contributed by atoms with Crippen molar-refractivity contribution in [1.29, 1.82) is 0 Å². The molecular formula is C19H26ClN3O2. The van der Waals surface area contributed by atoms with E-state index in [-0.39, 0.29) is 23.8 Å². The lowest BCUT2D eigenvalue weighted by atomic mass is 9.83. The molecule has 2 atom stereocenters. The van der Waals surface area contributed by atoms with E-state index in [1.54, 1.807) is 0 Å². The minimum absolute atomic E-state index is 0.119. The van der Waals surface area contributed by atoms with Gasteiger partial charge < -0.3 is 15.1 Å². The highest BCUT2D eigenvalue weighted by Gasteiger charge is 2.41. The first-order valence-corrected chi connectivity index (χ1v) is 9.54. The van der Waals surface area contributed by atoms with Gasteiger partial charge in [0.15, 0.2) is 0 Å². The van der Waals surface area contributed by atoms with E-state index in [1.807, 2.05) is 41.0 Å². The van der Waals surface area contributed by atoms with Crippen molar-refractivity contribution in [3.63, 3.8) is 0 Å². The van der Waals surface area contributed by atoms with Crippen molar-refractivity contribution in [3.05, 3.63) is 34.9 Å². The Balaban J connectivity index is 1.91. The monoisotopic (exact) mass is 363 g/mol. The van der Waals surface area contributed by atoms with Gasteiger partial charge in [-0.3, -0.25) is 9.59 Å². The second kappa shape index (κ2) is 8.19. The lowest BCUT2D eigenvalue weighted by molar-refractivity contribution is -0.147. The standard InChI is InChI=1S/C19H26ClN3O2/c1-2-23-17(24)8-7-16(18(23)14-5-3-6-15(20)13-14)19(25)22-11-4-9-21-10-12-22/h3,5-6,13,16,18,21H,2,4,7-12H2,1H3/t16-,18+/m1/s1. The van der Waals surface area contributed by atoms with Crippen LogP contribution in [0.1, 0.15) is 37.8 Å². The maximum atomic E-state index is 13.3. The molecule has 0 radical (unpaired) electrons. The summed E-state index contributed by atoms with van der Waals surface area (Å²) in [6.45, 7) is 5.87. The average Bonchev–Trinajstić information content (AvgIpc) is 2.90. The molecular weight excluding hydrogens is 338 g/mol. The summed E-state index contributed by atoms with van der Waals surface area (Å²) in [5.41, 5.74) is 0.952. The van der Waals surface area contributed by atoms with Crippen LogP contribution < -0.4 is 5.32 Å². The molecule has 0 aliphatic carbocycles. The Morgan fingerprint density at radius 2 is 2.16 bits per heavy atom. The third-order valence-corrected chi connectivity index (χ3v) is 5.44. The number of piperidine rings is 1. The molecule has 2 fully saturated rings. The van der Waals surface area contributed by atoms with Crippen LogP contribution in [0.2, 0.25) is 5.02 Å². The van der Waals surface area contributed by atoms with Crippen LogP contribution in [0.15, 0.2) is 24.3 Å². The molecule has 1 aromatic rings. The lowest BCUT2D eigenvalue weighted by Gasteiger charge is -2.42. The number of carbonyl (C=O) groups excluding carboxylic acids is 2. The number of nitrogens with one attached hydrogen (secondary N) is 1. The van der Waals surface area contributed by atoms with Gasteiger partial charge in [0.1, 0.15) is 0 Å². The average molecular weight is 364 g/mol. The molecule has 0 unspecified atom stereocenters. The molecule has 0 spiro atoms. The fraction of sp³-hybridized carbons (Fsp3) is 0.579. The fourth-order valence-electron chi connectivity index (χ4n) is 3.99. The van der Waals surface area contributed by atoms with Gasteiger partial charge in [-0.25, -0.2) is 0 Å².